The molecule has 1 saturated heterocycles. The number of nitrogens with zero attached hydrogens (tertiary/aromatic N) is 1. The standard InChI is InChI=1S/C10H22N2O2S2/c1-12(5-6-15-2)10(8-11)4-3-7-16(13,14)9-10/h3-9,11H2,1-2H3. The molecule has 0 radical (unpaired) electrons. The van der Waals surface area contributed by atoms with Crippen molar-refractivity contribution in [3.8, 4) is 0 Å². The van der Waals surface area contributed by atoms with E-state index in [2.05, 4.69) is 11.2 Å². The zero-order valence-corrected chi connectivity index (χ0v) is 11.7. The lowest BCUT2D eigenvalue weighted by Crippen LogP contribution is -2.59. The third-order valence-corrected chi connectivity index (χ3v) is 5.89. The van der Waals surface area contributed by atoms with E-state index in [4.69, 9.17) is 5.73 Å². The number of sulfone groups is 1. The predicted octanol–water partition coefficient (Wildman–Crippen LogP) is 0.187. The van der Waals surface area contributed by atoms with Crippen LogP contribution in [0.2, 0.25) is 0 Å². The van der Waals surface area contributed by atoms with Gasteiger partial charge in [-0.1, -0.05) is 0 Å². The highest BCUT2D eigenvalue weighted by Gasteiger charge is 2.40. The van der Waals surface area contributed by atoms with Gasteiger partial charge in [-0.25, -0.2) is 8.42 Å². The highest BCUT2D eigenvalue weighted by Crippen LogP contribution is 2.27. The Kier molecular flexibility index (Phi) is 5.10. The van der Waals surface area contributed by atoms with Gasteiger partial charge in [0.1, 0.15) is 0 Å². The van der Waals surface area contributed by atoms with Crippen molar-refractivity contribution >= 4 is 21.6 Å². The van der Waals surface area contributed by atoms with Crippen LogP contribution in [0.3, 0.4) is 0 Å². The van der Waals surface area contributed by atoms with Crippen molar-refractivity contribution in [3.63, 3.8) is 0 Å². The minimum absolute atomic E-state index is 0.224. The van der Waals surface area contributed by atoms with Crippen LogP contribution in [0.5, 0.6) is 0 Å². The highest BCUT2D eigenvalue weighted by atomic mass is 32.2. The van der Waals surface area contributed by atoms with Crippen LogP contribution in [-0.4, -0.2) is 62.5 Å². The first kappa shape index (κ1) is 14.3. The summed E-state index contributed by atoms with van der Waals surface area (Å²) in [5.41, 5.74) is 5.49. The first-order valence-electron chi connectivity index (χ1n) is 5.56. The lowest BCUT2D eigenvalue weighted by atomic mass is 9.94. The van der Waals surface area contributed by atoms with Crippen molar-refractivity contribution in [2.75, 3.05) is 43.7 Å². The molecule has 1 rings (SSSR count). The van der Waals surface area contributed by atoms with Gasteiger partial charge >= 0.3 is 0 Å². The molecule has 0 saturated carbocycles. The second-order valence-electron chi connectivity index (χ2n) is 4.54. The van der Waals surface area contributed by atoms with E-state index in [9.17, 15) is 8.42 Å². The van der Waals surface area contributed by atoms with Crippen molar-refractivity contribution in [1.82, 2.24) is 4.90 Å². The fraction of sp³-hybridized carbons (Fsp3) is 1.00. The highest BCUT2D eigenvalue weighted by molar-refractivity contribution is 7.98. The van der Waals surface area contributed by atoms with Gasteiger partial charge in [0.05, 0.1) is 11.5 Å². The Labute approximate surface area is 103 Å². The molecule has 0 amide bonds. The number of likely N-dealkylation sites (N-methyl/N-ethyl adjacent to an activating group) is 1. The Morgan fingerprint density at radius 2 is 2.19 bits per heavy atom. The lowest BCUT2D eigenvalue weighted by Gasteiger charge is -2.43. The number of hydrogen-bond donors (Lipinski definition) is 1. The number of rotatable bonds is 5. The molecule has 96 valence electrons. The van der Waals surface area contributed by atoms with Crippen molar-refractivity contribution < 1.29 is 8.42 Å². The molecular weight excluding hydrogens is 244 g/mol. The van der Waals surface area contributed by atoms with Gasteiger partial charge < -0.3 is 5.73 Å². The second-order valence-corrected chi connectivity index (χ2v) is 7.71. The van der Waals surface area contributed by atoms with Crippen LogP contribution in [0, 0.1) is 0 Å². The summed E-state index contributed by atoms with van der Waals surface area (Å²) in [7, 11) is -0.911. The van der Waals surface area contributed by atoms with Crippen LogP contribution in [0.1, 0.15) is 12.8 Å². The van der Waals surface area contributed by atoms with E-state index in [-0.39, 0.29) is 11.3 Å². The van der Waals surface area contributed by atoms with Crippen LogP contribution < -0.4 is 5.73 Å². The molecular formula is C10H22N2O2S2. The molecule has 0 bridgehead atoms. The Balaban J connectivity index is 2.76. The molecule has 1 aliphatic heterocycles. The predicted molar refractivity (Wildman–Crippen MR) is 70.7 cm³/mol. The van der Waals surface area contributed by atoms with Crippen LogP contribution in [0.25, 0.3) is 0 Å². The van der Waals surface area contributed by atoms with Crippen molar-refractivity contribution in [2.24, 2.45) is 5.73 Å². The molecule has 1 fully saturated rings. The summed E-state index contributed by atoms with van der Waals surface area (Å²) in [6, 6.07) is 0. The van der Waals surface area contributed by atoms with E-state index < -0.39 is 9.84 Å². The fourth-order valence-electron chi connectivity index (χ4n) is 2.26. The molecule has 2 N–H and O–H groups in total. The molecule has 0 spiro atoms. The van der Waals surface area contributed by atoms with Crippen LogP contribution >= 0.6 is 11.8 Å². The van der Waals surface area contributed by atoms with E-state index in [1.807, 2.05) is 7.05 Å². The smallest absolute Gasteiger partial charge is 0.152 e. The number of nitrogens with two attached hydrogens (primary N) is 1. The molecule has 1 aliphatic rings. The van der Waals surface area contributed by atoms with Gasteiger partial charge in [-0.15, -0.1) is 0 Å². The van der Waals surface area contributed by atoms with E-state index in [1.165, 1.54) is 0 Å². The summed E-state index contributed by atoms with van der Waals surface area (Å²) in [5, 5.41) is 0. The summed E-state index contributed by atoms with van der Waals surface area (Å²) in [5.74, 6) is 1.56. The first-order valence-corrected chi connectivity index (χ1v) is 8.78. The summed E-state index contributed by atoms with van der Waals surface area (Å²) >= 11 is 1.77. The maximum Gasteiger partial charge on any atom is 0.152 e. The number of thioether (sulfide) groups is 1. The third-order valence-electron chi connectivity index (χ3n) is 3.41. The summed E-state index contributed by atoms with van der Waals surface area (Å²) in [6.45, 7) is 1.32. The SMILES string of the molecule is CSCCN(C)C1(CN)CCCS(=O)(=O)C1. The lowest BCUT2D eigenvalue weighted by molar-refractivity contribution is 0.140. The molecule has 0 aliphatic carbocycles. The molecule has 6 heteroatoms. The van der Waals surface area contributed by atoms with Gasteiger partial charge in [-0.2, -0.15) is 11.8 Å². The Hall–Kier alpha value is 0.220. The average molecular weight is 266 g/mol. The molecule has 0 aromatic heterocycles. The zero-order chi connectivity index (χ0) is 12.2. The maximum atomic E-state index is 11.7. The van der Waals surface area contributed by atoms with Gasteiger partial charge in [-0.3, -0.25) is 4.90 Å². The normalized spacial score (nSPS) is 29.5. The van der Waals surface area contributed by atoms with Gasteiger partial charge in [0.25, 0.3) is 0 Å². The van der Waals surface area contributed by atoms with Crippen molar-refractivity contribution in [1.29, 1.82) is 0 Å². The minimum atomic E-state index is -2.90. The monoisotopic (exact) mass is 266 g/mol. The largest absolute Gasteiger partial charge is 0.329 e. The molecule has 1 unspecified atom stereocenters. The topological polar surface area (TPSA) is 63.4 Å². The minimum Gasteiger partial charge on any atom is -0.329 e. The molecule has 0 aromatic carbocycles. The molecule has 16 heavy (non-hydrogen) atoms. The summed E-state index contributed by atoms with van der Waals surface area (Å²) < 4.78 is 23.4. The zero-order valence-electron chi connectivity index (χ0n) is 10.1. The average Bonchev–Trinajstić information content (AvgIpc) is 2.24. The summed E-state index contributed by atoms with van der Waals surface area (Å²) in [4.78, 5) is 2.14. The number of hydrogen-bond acceptors (Lipinski definition) is 5. The van der Waals surface area contributed by atoms with Crippen molar-refractivity contribution in [3.05, 3.63) is 0 Å². The van der Waals surface area contributed by atoms with Crippen LogP contribution in [0.15, 0.2) is 0 Å². The Bertz CT molecular complexity index is 319. The van der Waals surface area contributed by atoms with E-state index in [1.54, 1.807) is 11.8 Å². The van der Waals surface area contributed by atoms with Crippen LogP contribution in [-0.2, 0) is 9.84 Å². The van der Waals surface area contributed by atoms with Gasteiger partial charge in [0.2, 0.25) is 0 Å². The third kappa shape index (κ3) is 3.35. The fourth-order valence-corrected chi connectivity index (χ4v) is 4.74. The summed E-state index contributed by atoms with van der Waals surface area (Å²) in [6.07, 6.45) is 3.69. The molecule has 4 nitrogen and oxygen atoms in total. The van der Waals surface area contributed by atoms with Crippen molar-refractivity contribution in [2.45, 2.75) is 18.4 Å². The van der Waals surface area contributed by atoms with E-state index >= 15 is 0 Å². The second kappa shape index (κ2) is 5.71. The molecule has 0 aromatic rings. The van der Waals surface area contributed by atoms with Gasteiger partial charge in [0.15, 0.2) is 9.84 Å². The van der Waals surface area contributed by atoms with E-state index in [0.717, 1.165) is 25.1 Å². The van der Waals surface area contributed by atoms with Gasteiger partial charge in [-0.05, 0) is 26.1 Å². The Morgan fingerprint density at radius 3 is 2.69 bits per heavy atom. The first-order chi connectivity index (χ1) is 7.46. The van der Waals surface area contributed by atoms with E-state index in [0.29, 0.717) is 12.3 Å². The van der Waals surface area contributed by atoms with Crippen LogP contribution in [0.4, 0.5) is 0 Å². The van der Waals surface area contributed by atoms with Gasteiger partial charge in [0, 0.05) is 24.4 Å². The maximum absolute atomic E-state index is 11.7. The molecule has 1 heterocycles. The Morgan fingerprint density at radius 1 is 1.50 bits per heavy atom. The quantitative estimate of drug-likeness (QED) is 0.769. The molecule has 1 atom stereocenters.